The van der Waals surface area contributed by atoms with Gasteiger partial charge in [-0.2, -0.15) is 0 Å². The van der Waals surface area contributed by atoms with Crippen molar-refractivity contribution in [2.45, 2.75) is 65.3 Å². The Hall–Kier alpha value is -2.82. The minimum absolute atomic E-state index is 0.0201. The molecule has 5 nitrogen and oxygen atoms in total. The van der Waals surface area contributed by atoms with Crippen LogP contribution < -0.4 is 0 Å². The minimum atomic E-state index is -0.429. The minimum Gasteiger partial charge on any atom is -0.469 e. The molecule has 35 heavy (non-hydrogen) atoms. The predicted octanol–water partition coefficient (Wildman–Crippen LogP) is 6.44. The second-order valence-corrected chi connectivity index (χ2v) is 11.0. The van der Waals surface area contributed by atoms with Crippen LogP contribution in [0.4, 0.5) is 0 Å². The van der Waals surface area contributed by atoms with Gasteiger partial charge in [0.2, 0.25) is 0 Å². The predicted molar refractivity (Wildman–Crippen MR) is 137 cm³/mol. The van der Waals surface area contributed by atoms with Crippen LogP contribution in [0.1, 0.15) is 74.1 Å². The van der Waals surface area contributed by atoms with Crippen molar-refractivity contribution in [3.8, 4) is 0 Å². The topological polar surface area (TPSA) is 59.8 Å². The molecule has 4 atom stereocenters. The fraction of sp³-hybridized carbons (Fsp3) is 0.533. The number of benzene rings is 1. The van der Waals surface area contributed by atoms with Gasteiger partial charge in [-0.05, 0) is 86.5 Å². The lowest BCUT2D eigenvalue weighted by molar-refractivity contribution is -0.168. The first kappa shape index (κ1) is 25.3. The van der Waals surface area contributed by atoms with Crippen molar-refractivity contribution in [1.82, 2.24) is 4.90 Å². The maximum absolute atomic E-state index is 12.8. The van der Waals surface area contributed by atoms with Gasteiger partial charge in [0.1, 0.15) is 5.76 Å². The summed E-state index contributed by atoms with van der Waals surface area (Å²) in [7, 11) is 3.32. The number of allylic oxidation sites excluding steroid dienone is 1. The van der Waals surface area contributed by atoms with Gasteiger partial charge < -0.3 is 14.1 Å². The Morgan fingerprint density at radius 3 is 2.63 bits per heavy atom. The number of rotatable bonds is 7. The van der Waals surface area contributed by atoms with E-state index < -0.39 is 5.41 Å². The molecule has 0 N–H and O–H groups in total. The molecule has 2 saturated carbocycles. The third kappa shape index (κ3) is 4.70. The van der Waals surface area contributed by atoms with Gasteiger partial charge in [0.25, 0.3) is 5.91 Å². The van der Waals surface area contributed by atoms with Crippen molar-refractivity contribution in [3.05, 3.63) is 71.7 Å². The van der Waals surface area contributed by atoms with Crippen molar-refractivity contribution in [2.24, 2.45) is 22.7 Å². The molecule has 1 amide bonds. The molecule has 0 unspecified atom stereocenters. The molecule has 5 heteroatoms. The lowest BCUT2D eigenvalue weighted by atomic mass is 9.46. The Bertz CT molecular complexity index is 1070. The van der Waals surface area contributed by atoms with Crippen molar-refractivity contribution in [3.63, 3.8) is 0 Å². The first-order valence-electron chi connectivity index (χ1n) is 12.8. The molecule has 0 aliphatic heterocycles. The van der Waals surface area contributed by atoms with Crippen LogP contribution in [0.5, 0.6) is 0 Å². The van der Waals surface area contributed by atoms with E-state index in [1.54, 1.807) is 11.2 Å². The van der Waals surface area contributed by atoms with Gasteiger partial charge in [-0.1, -0.05) is 43.7 Å². The van der Waals surface area contributed by atoms with Crippen molar-refractivity contribution in [2.75, 3.05) is 14.2 Å². The smallest absolute Gasteiger partial charge is 0.311 e. The zero-order valence-corrected chi connectivity index (χ0v) is 21.6. The fourth-order valence-corrected chi connectivity index (χ4v) is 7.08. The lowest BCUT2D eigenvalue weighted by Gasteiger charge is -2.57. The quantitative estimate of drug-likeness (QED) is 0.340. The van der Waals surface area contributed by atoms with Gasteiger partial charge in [0, 0.05) is 12.6 Å². The van der Waals surface area contributed by atoms with E-state index in [2.05, 4.69) is 20.4 Å². The number of fused-ring (bicyclic) bond motifs is 1. The van der Waals surface area contributed by atoms with E-state index in [-0.39, 0.29) is 17.3 Å². The summed E-state index contributed by atoms with van der Waals surface area (Å²) in [5, 5.41) is 0. The van der Waals surface area contributed by atoms with Crippen molar-refractivity contribution in [1.29, 1.82) is 0 Å². The standard InChI is InChI=1S/C30H39NO4/c1-21-12-15-26-29(2,17-9-18-30(26,3)28(33)34-5)24(21)14-13-22-16-19-35-25(22)20-31(4)27(32)23-10-7-6-8-11-23/h6-8,10-11,16,19,24,26H,1,9,12-15,17-18,20H2,2-5H3/t24-,26-,29+,30+/m0/s1. The summed E-state index contributed by atoms with van der Waals surface area (Å²) in [6.07, 6.45) is 8.55. The second-order valence-electron chi connectivity index (χ2n) is 11.0. The van der Waals surface area contributed by atoms with E-state index in [1.165, 1.54) is 12.7 Å². The summed E-state index contributed by atoms with van der Waals surface area (Å²) < 4.78 is 11.1. The summed E-state index contributed by atoms with van der Waals surface area (Å²) in [5.41, 5.74) is 2.72. The number of aryl methyl sites for hydroxylation is 1. The number of amides is 1. The highest BCUT2D eigenvalue weighted by atomic mass is 16.5. The Balaban J connectivity index is 1.48. The molecule has 0 bridgehead atoms. The summed E-state index contributed by atoms with van der Waals surface area (Å²) in [5.74, 6) is 1.39. The zero-order valence-electron chi connectivity index (χ0n) is 21.6. The average Bonchev–Trinajstić information content (AvgIpc) is 3.29. The maximum Gasteiger partial charge on any atom is 0.311 e. The van der Waals surface area contributed by atoms with Gasteiger partial charge in [-0.25, -0.2) is 0 Å². The molecule has 1 aromatic heterocycles. The number of nitrogens with zero attached hydrogens (tertiary/aromatic N) is 1. The van der Waals surface area contributed by atoms with Crippen LogP contribution in [0.2, 0.25) is 0 Å². The Morgan fingerprint density at radius 2 is 1.91 bits per heavy atom. The van der Waals surface area contributed by atoms with Gasteiger partial charge in [-0.15, -0.1) is 0 Å². The summed E-state index contributed by atoms with van der Waals surface area (Å²) in [6.45, 7) is 9.39. The van der Waals surface area contributed by atoms with Crippen LogP contribution in [-0.2, 0) is 22.5 Å². The molecule has 1 heterocycles. The molecule has 2 fully saturated rings. The monoisotopic (exact) mass is 477 g/mol. The van der Waals surface area contributed by atoms with Crippen LogP contribution in [0.3, 0.4) is 0 Å². The highest BCUT2D eigenvalue weighted by Crippen LogP contribution is 2.62. The highest BCUT2D eigenvalue weighted by molar-refractivity contribution is 5.93. The summed E-state index contributed by atoms with van der Waals surface area (Å²) in [6, 6.07) is 11.4. The van der Waals surface area contributed by atoms with E-state index in [9.17, 15) is 9.59 Å². The number of furan rings is 1. The third-order valence-electron chi connectivity index (χ3n) is 8.96. The molecule has 4 rings (SSSR count). The number of carbonyl (C=O) groups excluding carboxylic acids is 2. The molecule has 2 aliphatic rings. The second kappa shape index (κ2) is 10.0. The van der Waals surface area contributed by atoms with Gasteiger partial charge in [0.15, 0.2) is 0 Å². The van der Waals surface area contributed by atoms with Crippen LogP contribution >= 0.6 is 0 Å². The molecule has 188 valence electrons. The molecule has 2 aromatic rings. The normalized spacial score (nSPS) is 28.3. The average molecular weight is 478 g/mol. The molecular formula is C30H39NO4. The third-order valence-corrected chi connectivity index (χ3v) is 8.96. The van der Waals surface area contributed by atoms with Gasteiger partial charge in [-0.3, -0.25) is 9.59 Å². The SMILES string of the molecule is C=C1CC[C@H]2[C@](C)(CCC[C@@]2(C)C(=O)OC)[C@H]1CCc1ccoc1CN(C)C(=O)c1ccccc1. The molecule has 2 aliphatic carbocycles. The highest BCUT2D eigenvalue weighted by Gasteiger charge is 2.57. The molecule has 0 spiro atoms. The number of methoxy groups -OCH3 is 1. The molecule has 0 radical (unpaired) electrons. The van der Waals surface area contributed by atoms with Crippen molar-refractivity contribution >= 4 is 11.9 Å². The number of hydrogen-bond acceptors (Lipinski definition) is 4. The van der Waals surface area contributed by atoms with Crippen LogP contribution in [0.25, 0.3) is 0 Å². The number of esters is 1. The van der Waals surface area contributed by atoms with E-state index in [0.29, 0.717) is 23.9 Å². The zero-order chi connectivity index (χ0) is 25.2. The molecule has 0 saturated heterocycles. The lowest BCUT2D eigenvalue weighted by Crippen LogP contribution is -2.53. The van der Waals surface area contributed by atoms with Crippen LogP contribution in [-0.4, -0.2) is 30.9 Å². The van der Waals surface area contributed by atoms with Crippen LogP contribution in [0.15, 0.2) is 59.2 Å². The summed E-state index contributed by atoms with van der Waals surface area (Å²) in [4.78, 5) is 27.3. The first-order valence-corrected chi connectivity index (χ1v) is 12.8. The van der Waals surface area contributed by atoms with Gasteiger partial charge in [0.05, 0.1) is 25.3 Å². The Kier molecular flexibility index (Phi) is 7.25. The molecule has 1 aromatic carbocycles. The fourth-order valence-electron chi connectivity index (χ4n) is 7.08. The van der Waals surface area contributed by atoms with Crippen LogP contribution in [0, 0.1) is 22.7 Å². The van der Waals surface area contributed by atoms with E-state index >= 15 is 0 Å². The number of hydrogen-bond donors (Lipinski definition) is 0. The Labute approximate surface area is 209 Å². The van der Waals surface area contributed by atoms with E-state index in [1.807, 2.05) is 43.4 Å². The Morgan fingerprint density at radius 1 is 1.17 bits per heavy atom. The number of carbonyl (C=O) groups is 2. The van der Waals surface area contributed by atoms with Gasteiger partial charge >= 0.3 is 5.97 Å². The van der Waals surface area contributed by atoms with E-state index in [4.69, 9.17) is 9.15 Å². The first-order chi connectivity index (χ1) is 16.7. The largest absolute Gasteiger partial charge is 0.469 e. The van der Waals surface area contributed by atoms with Crippen molar-refractivity contribution < 1.29 is 18.7 Å². The van der Waals surface area contributed by atoms with E-state index in [0.717, 1.165) is 56.3 Å². The number of ether oxygens (including phenoxy) is 1. The molecular weight excluding hydrogens is 438 g/mol. The maximum atomic E-state index is 12.8. The summed E-state index contributed by atoms with van der Waals surface area (Å²) >= 11 is 0.